The minimum absolute atomic E-state index is 0.218. The van der Waals surface area contributed by atoms with E-state index in [4.69, 9.17) is 5.11 Å². The Morgan fingerprint density at radius 1 is 1.32 bits per heavy atom. The average molecular weight is 264 g/mol. The van der Waals surface area contributed by atoms with E-state index in [2.05, 4.69) is 19.9 Å². The highest BCUT2D eigenvalue weighted by Gasteiger charge is 2.37. The predicted molar refractivity (Wildman–Crippen MR) is 66.1 cm³/mol. The van der Waals surface area contributed by atoms with Crippen molar-refractivity contribution in [2.24, 2.45) is 4.99 Å². The van der Waals surface area contributed by atoms with Gasteiger partial charge in [0.2, 0.25) is 0 Å². The van der Waals surface area contributed by atoms with Crippen LogP contribution in [0.1, 0.15) is 5.56 Å². The van der Waals surface area contributed by atoms with Gasteiger partial charge >= 0.3 is 0 Å². The highest BCUT2D eigenvalue weighted by molar-refractivity contribution is 6.12. The van der Waals surface area contributed by atoms with E-state index >= 15 is 0 Å². The van der Waals surface area contributed by atoms with Gasteiger partial charge in [-0.05, 0) is 0 Å². The first-order valence-corrected chi connectivity index (χ1v) is 5.73. The number of aromatic nitrogens is 3. The Labute approximate surface area is 106 Å². The summed E-state index contributed by atoms with van der Waals surface area (Å²) in [5, 5.41) is 28.7. The number of aromatic amines is 2. The van der Waals surface area contributed by atoms with Gasteiger partial charge < -0.3 is 25.3 Å². The van der Waals surface area contributed by atoms with Crippen molar-refractivity contribution in [1.82, 2.24) is 15.0 Å². The molecule has 3 heterocycles. The van der Waals surface area contributed by atoms with E-state index < -0.39 is 18.2 Å². The summed E-state index contributed by atoms with van der Waals surface area (Å²) in [6.07, 6.45) is 0.384. The molecule has 1 aliphatic rings. The van der Waals surface area contributed by atoms with Gasteiger partial charge in [0.15, 0.2) is 0 Å². The zero-order valence-corrected chi connectivity index (χ0v) is 9.74. The summed E-state index contributed by atoms with van der Waals surface area (Å²) in [5.41, 5.74) is 0.977. The molecule has 100 valence electrons. The largest absolute Gasteiger partial charge is 0.394 e. The SMILES string of the molecule is O=c1[nH]cnc2c(C3=N[C@H](CO)[C@@H](O)[C@H]3O)c[nH]c12. The van der Waals surface area contributed by atoms with Crippen LogP contribution in [0.3, 0.4) is 0 Å². The molecule has 0 aliphatic carbocycles. The van der Waals surface area contributed by atoms with Crippen LogP contribution in [0.25, 0.3) is 11.0 Å². The minimum atomic E-state index is -1.21. The lowest BCUT2D eigenvalue weighted by atomic mass is 10.0. The van der Waals surface area contributed by atoms with Crippen LogP contribution in [0.4, 0.5) is 0 Å². The molecule has 2 aromatic rings. The van der Waals surface area contributed by atoms with Gasteiger partial charge in [-0.15, -0.1) is 0 Å². The van der Waals surface area contributed by atoms with Crippen LogP contribution < -0.4 is 5.56 Å². The molecule has 5 N–H and O–H groups in total. The van der Waals surface area contributed by atoms with Gasteiger partial charge in [0, 0.05) is 11.8 Å². The van der Waals surface area contributed by atoms with Gasteiger partial charge in [-0.2, -0.15) is 0 Å². The summed E-state index contributed by atoms with van der Waals surface area (Å²) >= 11 is 0. The molecule has 19 heavy (non-hydrogen) atoms. The third-order valence-electron chi connectivity index (χ3n) is 3.23. The molecule has 0 bridgehead atoms. The first kappa shape index (κ1) is 12.0. The first-order valence-electron chi connectivity index (χ1n) is 5.73. The maximum Gasteiger partial charge on any atom is 0.275 e. The fourth-order valence-electron chi connectivity index (χ4n) is 2.23. The molecule has 0 spiro atoms. The smallest absolute Gasteiger partial charge is 0.275 e. The van der Waals surface area contributed by atoms with E-state index in [0.29, 0.717) is 11.1 Å². The number of hydrogen-bond donors (Lipinski definition) is 5. The summed E-state index contributed by atoms with van der Waals surface area (Å²) in [4.78, 5) is 24.9. The third-order valence-corrected chi connectivity index (χ3v) is 3.23. The van der Waals surface area contributed by atoms with Gasteiger partial charge in [-0.1, -0.05) is 0 Å². The van der Waals surface area contributed by atoms with E-state index in [-0.39, 0.29) is 23.4 Å². The molecule has 0 aromatic carbocycles. The van der Waals surface area contributed by atoms with Crippen LogP contribution in [0.5, 0.6) is 0 Å². The summed E-state index contributed by atoms with van der Waals surface area (Å²) < 4.78 is 0. The number of H-pyrrole nitrogens is 2. The lowest BCUT2D eigenvalue weighted by Gasteiger charge is -2.12. The van der Waals surface area contributed by atoms with E-state index in [1.54, 1.807) is 0 Å². The normalized spacial score (nSPS) is 26.9. The molecule has 8 nitrogen and oxygen atoms in total. The molecule has 0 radical (unpaired) electrons. The fourth-order valence-corrected chi connectivity index (χ4v) is 2.23. The van der Waals surface area contributed by atoms with Crippen LogP contribution in [-0.4, -0.2) is 60.8 Å². The zero-order valence-electron chi connectivity index (χ0n) is 9.74. The molecule has 2 aromatic heterocycles. The van der Waals surface area contributed by atoms with Gasteiger partial charge in [0.05, 0.1) is 18.6 Å². The number of rotatable bonds is 2. The second-order valence-corrected chi connectivity index (χ2v) is 4.36. The third kappa shape index (κ3) is 1.69. The van der Waals surface area contributed by atoms with Crippen molar-refractivity contribution in [3.8, 4) is 0 Å². The molecule has 0 saturated heterocycles. The van der Waals surface area contributed by atoms with Crippen LogP contribution >= 0.6 is 0 Å². The molecule has 3 atom stereocenters. The van der Waals surface area contributed by atoms with Crippen LogP contribution in [0, 0.1) is 0 Å². The Kier molecular flexibility index (Phi) is 2.70. The van der Waals surface area contributed by atoms with E-state index in [0.717, 1.165) is 0 Å². The summed E-state index contributed by atoms with van der Waals surface area (Å²) in [6, 6.07) is -0.767. The Morgan fingerprint density at radius 2 is 2.11 bits per heavy atom. The van der Waals surface area contributed by atoms with E-state index in [9.17, 15) is 15.0 Å². The van der Waals surface area contributed by atoms with Crippen molar-refractivity contribution in [3.63, 3.8) is 0 Å². The van der Waals surface area contributed by atoms with Crippen LogP contribution in [0.2, 0.25) is 0 Å². The van der Waals surface area contributed by atoms with Crippen LogP contribution in [0.15, 0.2) is 22.3 Å². The highest BCUT2D eigenvalue weighted by atomic mass is 16.3. The van der Waals surface area contributed by atoms with Crippen molar-refractivity contribution in [3.05, 3.63) is 28.4 Å². The van der Waals surface area contributed by atoms with Crippen molar-refractivity contribution in [1.29, 1.82) is 0 Å². The molecule has 8 heteroatoms. The lowest BCUT2D eigenvalue weighted by molar-refractivity contribution is 0.0408. The Balaban J connectivity index is 2.16. The standard InChI is InChI=1S/C11H12N4O4/c16-2-5-9(17)10(18)7(15-5)4-1-12-8-6(4)13-3-14-11(8)19/h1,3,5,9-10,12,16-18H,2H2,(H,13,14,19)/t5-,9-,10+/m1/s1. The quantitative estimate of drug-likeness (QED) is 0.433. The monoisotopic (exact) mass is 264 g/mol. The number of aliphatic hydroxyl groups excluding tert-OH is 3. The molecule has 0 saturated carbocycles. The van der Waals surface area contributed by atoms with Crippen LogP contribution in [-0.2, 0) is 0 Å². The Morgan fingerprint density at radius 3 is 2.79 bits per heavy atom. The van der Waals surface area contributed by atoms with Crippen molar-refractivity contribution >= 4 is 16.7 Å². The summed E-state index contributed by atoms with van der Waals surface area (Å²) in [5.74, 6) is 0. The predicted octanol–water partition coefficient (Wildman–Crippen LogP) is -1.86. The second kappa shape index (κ2) is 4.26. The Hall–Kier alpha value is -2.03. The number of nitrogens with zero attached hydrogens (tertiary/aromatic N) is 2. The van der Waals surface area contributed by atoms with Gasteiger partial charge in [-0.25, -0.2) is 4.98 Å². The van der Waals surface area contributed by atoms with Crippen molar-refractivity contribution < 1.29 is 15.3 Å². The molecular weight excluding hydrogens is 252 g/mol. The molecule has 3 rings (SSSR count). The molecule has 0 fully saturated rings. The van der Waals surface area contributed by atoms with Gasteiger partial charge in [0.25, 0.3) is 5.56 Å². The first-order chi connectivity index (χ1) is 9.13. The number of nitrogens with one attached hydrogen (secondary N) is 2. The summed E-state index contributed by atoms with van der Waals surface area (Å²) in [6.45, 7) is -0.363. The van der Waals surface area contributed by atoms with Gasteiger partial charge in [-0.3, -0.25) is 9.79 Å². The van der Waals surface area contributed by atoms with E-state index in [1.807, 2.05) is 0 Å². The highest BCUT2D eigenvalue weighted by Crippen LogP contribution is 2.23. The lowest BCUT2D eigenvalue weighted by Crippen LogP contribution is -2.35. The zero-order chi connectivity index (χ0) is 13.6. The van der Waals surface area contributed by atoms with Crippen molar-refractivity contribution in [2.75, 3.05) is 6.61 Å². The number of hydrogen-bond acceptors (Lipinski definition) is 6. The maximum atomic E-state index is 11.6. The molecule has 0 amide bonds. The summed E-state index contributed by atoms with van der Waals surface area (Å²) in [7, 11) is 0. The number of fused-ring (bicyclic) bond motifs is 1. The molecule has 1 aliphatic heterocycles. The van der Waals surface area contributed by atoms with E-state index in [1.165, 1.54) is 12.5 Å². The molecular formula is C11H12N4O4. The average Bonchev–Trinajstić information content (AvgIpc) is 2.94. The van der Waals surface area contributed by atoms with Gasteiger partial charge in [0.1, 0.15) is 29.3 Å². The number of aliphatic hydroxyl groups is 3. The molecule has 0 unspecified atom stereocenters. The minimum Gasteiger partial charge on any atom is -0.394 e. The topological polar surface area (TPSA) is 135 Å². The second-order valence-electron chi connectivity index (χ2n) is 4.36. The number of aliphatic imine (C=N–C) groups is 1. The van der Waals surface area contributed by atoms with Crippen molar-refractivity contribution in [2.45, 2.75) is 18.2 Å². The Bertz CT molecular complexity index is 704. The maximum absolute atomic E-state index is 11.6. The fraction of sp³-hybridized carbons (Fsp3) is 0.364.